The summed E-state index contributed by atoms with van der Waals surface area (Å²) in [4.78, 5) is 1.41. The molecule has 21 heavy (non-hydrogen) atoms. The van der Waals surface area contributed by atoms with Crippen LogP contribution in [0.3, 0.4) is 0 Å². The molecule has 0 N–H and O–H groups in total. The molecule has 0 saturated heterocycles. The molecule has 0 spiro atoms. The van der Waals surface area contributed by atoms with Gasteiger partial charge in [0, 0.05) is 37.2 Å². The molecule has 0 aromatic heterocycles. The Kier molecular flexibility index (Phi) is 7.75. The van der Waals surface area contributed by atoms with Gasteiger partial charge in [0.2, 0.25) is 0 Å². The number of hydrogen-bond donors (Lipinski definition) is 0. The van der Waals surface area contributed by atoms with Crippen molar-refractivity contribution in [3.05, 3.63) is 62.2 Å². The summed E-state index contributed by atoms with van der Waals surface area (Å²) < 4.78 is 27.0. The van der Waals surface area contributed by atoms with Gasteiger partial charge in [-0.15, -0.1) is 22.0 Å². The molecule has 1 aliphatic rings. The first-order chi connectivity index (χ1) is 9.40. The quantitative estimate of drug-likeness (QED) is 0.475. The molecule has 0 unspecified atom stereocenters. The fourth-order valence-electron chi connectivity index (χ4n) is 1.80. The molecule has 0 fully saturated rings. The Labute approximate surface area is 169 Å². The second-order valence-electron chi connectivity index (χ2n) is 4.06. The average molecular weight is 513 g/mol. The molecular formula is C14H9Br2ClF2NY-. The largest absolute Gasteiger partial charge is 0.369 e. The van der Waals surface area contributed by atoms with Gasteiger partial charge in [0.05, 0.1) is 6.54 Å². The van der Waals surface area contributed by atoms with Crippen LogP contribution in [-0.4, -0.2) is 17.9 Å². The third-order valence-corrected chi connectivity index (χ3v) is 4.21. The minimum absolute atomic E-state index is 0. The molecule has 0 saturated carbocycles. The van der Waals surface area contributed by atoms with E-state index in [1.165, 1.54) is 4.90 Å². The third kappa shape index (κ3) is 4.71. The molecule has 0 atom stereocenters. The number of halogens is 5. The van der Waals surface area contributed by atoms with Crippen molar-refractivity contribution in [3.8, 4) is 0 Å². The molecule has 1 nitrogen and oxygen atoms in total. The van der Waals surface area contributed by atoms with Gasteiger partial charge in [0.15, 0.2) is 0 Å². The maximum Gasteiger partial charge on any atom is 0.256 e. The number of hydrogen-bond acceptors (Lipinski definition) is 1. The van der Waals surface area contributed by atoms with Crippen molar-refractivity contribution in [1.29, 1.82) is 0 Å². The summed E-state index contributed by atoms with van der Waals surface area (Å²) in [6.07, 6.45) is 2.13. The molecule has 0 bridgehead atoms. The molecule has 1 aromatic rings. The van der Waals surface area contributed by atoms with Crippen LogP contribution in [0.25, 0.3) is 5.70 Å². The van der Waals surface area contributed by atoms with Crippen LogP contribution in [0.5, 0.6) is 0 Å². The molecule has 0 aliphatic carbocycles. The minimum atomic E-state index is -2.49. The van der Waals surface area contributed by atoms with Gasteiger partial charge >= 0.3 is 0 Å². The van der Waals surface area contributed by atoms with E-state index in [4.69, 9.17) is 11.6 Å². The molecule has 1 radical (unpaired) electrons. The maximum atomic E-state index is 12.8. The summed E-state index contributed by atoms with van der Waals surface area (Å²) in [6, 6.07) is 5.27. The predicted molar refractivity (Wildman–Crippen MR) is 84.7 cm³/mol. The Morgan fingerprint density at radius 3 is 2.57 bits per heavy atom. The van der Waals surface area contributed by atoms with Gasteiger partial charge in [-0.25, -0.2) is 8.78 Å². The summed E-state index contributed by atoms with van der Waals surface area (Å²) >= 11 is 12.8. The molecule has 109 valence electrons. The summed E-state index contributed by atoms with van der Waals surface area (Å²) in [6.45, 7) is 3.36. The maximum absolute atomic E-state index is 12.8. The molecule has 1 heterocycles. The Balaban J connectivity index is 0.00000220. The predicted octanol–water partition coefficient (Wildman–Crippen LogP) is 5.62. The van der Waals surface area contributed by atoms with Crippen molar-refractivity contribution >= 4 is 49.2 Å². The fourth-order valence-corrected chi connectivity index (χ4v) is 2.89. The van der Waals surface area contributed by atoms with Gasteiger partial charge in [-0.1, -0.05) is 55.9 Å². The standard InChI is InChI=1S/C14H9Br2ClF2N.Y/c1-8-11(16)4-5-13(20(8)7-14(18)19)10-3-2-9(15)6-12(10)17;/h2-4,6,14H,1,7H2;/q-1;. The fraction of sp³-hybridized carbons (Fsp3) is 0.143. The van der Waals surface area contributed by atoms with Crippen molar-refractivity contribution in [2.45, 2.75) is 6.43 Å². The first-order valence-corrected chi connectivity index (χ1v) is 7.56. The van der Waals surface area contributed by atoms with Gasteiger partial charge in [-0.3, -0.25) is 0 Å². The van der Waals surface area contributed by atoms with E-state index in [9.17, 15) is 8.78 Å². The first-order valence-electron chi connectivity index (χ1n) is 5.59. The Hall–Kier alpha value is 0.454. The summed E-state index contributed by atoms with van der Waals surface area (Å²) in [5, 5.41) is 0.459. The van der Waals surface area contributed by atoms with Crippen LogP contribution in [0.15, 0.2) is 45.5 Å². The van der Waals surface area contributed by atoms with Crippen molar-refractivity contribution in [3.63, 3.8) is 0 Å². The van der Waals surface area contributed by atoms with Crippen LogP contribution < -0.4 is 0 Å². The Morgan fingerprint density at radius 1 is 1.33 bits per heavy atom. The Bertz CT molecular complexity index is 617. The zero-order chi connectivity index (χ0) is 14.9. The summed E-state index contributed by atoms with van der Waals surface area (Å²) in [7, 11) is 0. The van der Waals surface area contributed by atoms with Gasteiger partial charge in [-0.05, 0) is 16.8 Å². The van der Waals surface area contributed by atoms with Crippen molar-refractivity contribution in [2.24, 2.45) is 0 Å². The van der Waals surface area contributed by atoms with Crippen LogP contribution >= 0.6 is 43.5 Å². The molecule has 7 heteroatoms. The number of rotatable bonds is 3. The van der Waals surface area contributed by atoms with Crippen LogP contribution in [0.4, 0.5) is 8.78 Å². The zero-order valence-corrected chi connectivity index (χ0v) is 17.5. The number of alkyl halides is 2. The number of benzene rings is 1. The summed E-state index contributed by atoms with van der Waals surface area (Å²) in [5.74, 6) is 0. The molecule has 2 rings (SSSR count). The van der Waals surface area contributed by atoms with E-state index in [1.807, 2.05) is 0 Å². The SMILES string of the molecule is C=C1C(Br)=C[C-]=C(c2ccc(Br)cc2Cl)N1CC(F)F.[Y]. The van der Waals surface area contributed by atoms with Crippen LogP contribution in [-0.2, 0) is 32.7 Å². The van der Waals surface area contributed by atoms with E-state index in [-0.39, 0.29) is 32.7 Å². The van der Waals surface area contributed by atoms with Crippen LogP contribution in [0.2, 0.25) is 5.02 Å². The van der Waals surface area contributed by atoms with Crippen molar-refractivity contribution < 1.29 is 41.5 Å². The molecule has 1 aliphatic heterocycles. The van der Waals surface area contributed by atoms with E-state index in [0.717, 1.165) is 4.47 Å². The van der Waals surface area contributed by atoms with E-state index in [2.05, 4.69) is 44.5 Å². The average Bonchev–Trinajstić information content (AvgIpc) is 2.36. The zero-order valence-electron chi connectivity index (χ0n) is 10.7. The van der Waals surface area contributed by atoms with Gasteiger partial charge in [0.25, 0.3) is 6.43 Å². The van der Waals surface area contributed by atoms with Gasteiger partial charge in [-0.2, -0.15) is 12.2 Å². The number of allylic oxidation sites excluding steroid dienone is 3. The Morgan fingerprint density at radius 2 is 2.00 bits per heavy atom. The third-order valence-electron chi connectivity index (χ3n) is 2.71. The van der Waals surface area contributed by atoms with E-state index in [0.29, 0.717) is 26.5 Å². The smallest absolute Gasteiger partial charge is 0.256 e. The van der Waals surface area contributed by atoms with E-state index >= 15 is 0 Å². The topological polar surface area (TPSA) is 3.24 Å². The van der Waals surface area contributed by atoms with Crippen molar-refractivity contribution in [2.75, 3.05) is 6.54 Å². The second kappa shape index (κ2) is 8.35. The minimum Gasteiger partial charge on any atom is -0.369 e. The van der Waals surface area contributed by atoms with Gasteiger partial charge in [0.1, 0.15) is 0 Å². The molecular weight excluding hydrogens is 504 g/mol. The second-order valence-corrected chi connectivity index (χ2v) is 6.23. The first kappa shape index (κ1) is 19.5. The van der Waals surface area contributed by atoms with E-state index < -0.39 is 13.0 Å². The molecule has 0 amide bonds. The summed E-state index contributed by atoms with van der Waals surface area (Å²) in [5.41, 5.74) is 1.57. The van der Waals surface area contributed by atoms with Crippen LogP contribution in [0, 0.1) is 6.08 Å². The van der Waals surface area contributed by atoms with E-state index in [1.54, 1.807) is 24.3 Å². The molecule has 1 aromatic carbocycles. The van der Waals surface area contributed by atoms with Crippen LogP contribution in [0.1, 0.15) is 5.56 Å². The normalized spacial score (nSPS) is 14.8. The monoisotopic (exact) mass is 511 g/mol. The van der Waals surface area contributed by atoms with Gasteiger partial charge < -0.3 is 4.90 Å². The van der Waals surface area contributed by atoms with Crippen molar-refractivity contribution in [1.82, 2.24) is 4.90 Å². The number of nitrogens with zero attached hydrogens (tertiary/aromatic N) is 1.